The highest BCUT2D eigenvalue weighted by molar-refractivity contribution is 5.94. The Morgan fingerprint density at radius 1 is 0.967 bits per heavy atom. The molecular weight excluding hydrogens is 372 g/mol. The van der Waals surface area contributed by atoms with Gasteiger partial charge in [0.15, 0.2) is 0 Å². The van der Waals surface area contributed by atoms with Crippen LogP contribution in [0.5, 0.6) is 0 Å². The number of carbonyl (C=O) groups is 2. The van der Waals surface area contributed by atoms with Gasteiger partial charge in [0.25, 0.3) is 5.91 Å². The minimum atomic E-state index is -0.0418. The lowest BCUT2D eigenvalue weighted by Crippen LogP contribution is -2.55. The molecule has 1 atom stereocenters. The molecule has 0 radical (unpaired) electrons. The van der Waals surface area contributed by atoms with Crippen molar-refractivity contribution in [1.82, 2.24) is 9.80 Å². The Bertz CT molecular complexity index is 925. The van der Waals surface area contributed by atoms with E-state index in [0.717, 1.165) is 62.9 Å². The topological polar surface area (TPSA) is 40.6 Å². The lowest BCUT2D eigenvalue weighted by molar-refractivity contribution is -0.142. The minimum absolute atomic E-state index is 0.0418. The smallest absolute Gasteiger partial charge is 0.253 e. The van der Waals surface area contributed by atoms with Crippen LogP contribution in [0.2, 0.25) is 0 Å². The van der Waals surface area contributed by atoms with E-state index >= 15 is 0 Å². The number of likely N-dealkylation sites (tertiary alicyclic amines) is 2. The number of carbonyl (C=O) groups excluding carboxylic acids is 2. The zero-order valence-corrected chi connectivity index (χ0v) is 17.7. The molecule has 2 saturated heterocycles. The lowest BCUT2D eigenvalue weighted by Gasteiger charge is -2.50. The van der Waals surface area contributed by atoms with Gasteiger partial charge in [-0.25, -0.2) is 0 Å². The maximum atomic E-state index is 13.3. The second kappa shape index (κ2) is 7.57. The van der Waals surface area contributed by atoms with Gasteiger partial charge in [-0.15, -0.1) is 0 Å². The van der Waals surface area contributed by atoms with E-state index in [1.165, 1.54) is 5.56 Å². The minimum Gasteiger partial charge on any atom is -0.339 e. The zero-order chi connectivity index (χ0) is 20.7. The van der Waals surface area contributed by atoms with Crippen molar-refractivity contribution in [2.45, 2.75) is 51.0 Å². The Kier molecular flexibility index (Phi) is 4.88. The largest absolute Gasteiger partial charge is 0.339 e. The summed E-state index contributed by atoms with van der Waals surface area (Å²) in [5.74, 6) is 0.405. The molecule has 3 aliphatic rings. The van der Waals surface area contributed by atoms with Crippen LogP contribution in [-0.2, 0) is 4.79 Å². The molecule has 30 heavy (non-hydrogen) atoms. The van der Waals surface area contributed by atoms with Crippen molar-refractivity contribution in [3.8, 4) is 0 Å². The van der Waals surface area contributed by atoms with Gasteiger partial charge in [-0.1, -0.05) is 48.0 Å². The van der Waals surface area contributed by atoms with Crippen LogP contribution >= 0.6 is 0 Å². The first-order valence-corrected chi connectivity index (χ1v) is 11.3. The molecule has 0 aromatic heterocycles. The standard InChI is InChI=1S/C26H30N2O2/c1-19-7-9-21(10-8-19)24(29)27-15-13-26(14-16-27)17-23(20-5-3-2-4-6-20)25(30)28(18-26)22-11-12-22/h2-10,22-23H,11-18H2,1H3/t23-/m0/s1. The number of benzene rings is 2. The number of amides is 2. The van der Waals surface area contributed by atoms with Gasteiger partial charge >= 0.3 is 0 Å². The van der Waals surface area contributed by atoms with E-state index in [0.29, 0.717) is 11.9 Å². The summed E-state index contributed by atoms with van der Waals surface area (Å²) in [7, 11) is 0. The highest BCUT2D eigenvalue weighted by Crippen LogP contribution is 2.48. The fraction of sp³-hybridized carbons (Fsp3) is 0.462. The number of piperidine rings is 2. The van der Waals surface area contributed by atoms with E-state index < -0.39 is 0 Å². The predicted octanol–water partition coefficient (Wildman–Crippen LogP) is 4.40. The number of hydrogen-bond acceptors (Lipinski definition) is 2. The first kappa shape index (κ1) is 19.3. The molecule has 0 bridgehead atoms. The van der Waals surface area contributed by atoms with Crippen molar-refractivity contribution in [3.05, 3.63) is 71.3 Å². The highest BCUT2D eigenvalue weighted by atomic mass is 16.2. The zero-order valence-electron chi connectivity index (χ0n) is 17.7. The van der Waals surface area contributed by atoms with E-state index in [1.54, 1.807) is 0 Å². The van der Waals surface area contributed by atoms with Crippen LogP contribution < -0.4 is 0 Å². The van der Waals surface area contributed by atoms with Crippen LogP contribution in [0.3, 0.4) is 0 Å². The molecule has 1 saturated carbocycles. The summed E-state index contributed by atoms with van der Waals surface area (Å²) in [4.78, 5) is 30.4. The Labute approximate surface area is 178 Å². The molecule has 1 aliphatic carbocycles. The van der Waals surface area contributed by atoms with Gasteiger partial charge in [-0.2, -0.15) is 0 Å². The van der Waals surface area contributed by atoms with E-state index in [2.05, 4.69) is 17.0 Å². The second-order valence-electron chi connectivity index (χ2n) is 9.52. The molecule has 2 aromatic carbocycles. The van der Waals surface area contributed by atoms with E-state index in [4.69, 9.17) is 0 Å². The average Bonchev–Trinajstić information content (AvgIpc) is 3.62. The SMILES string of the molecule is Cc1ccc(C(=O)N2CCC3(CC2)C[C@@H](c2ccccc2)C(=O)N(C2CC2)C3)cc1. The highest BCUT2D eigenvalue weighted by Gasteiger charge is 2.49. The van der Waals surface area contributed by atoms with Gasteiger partial charge in [-0.05, 0) is 62.1 Å². The Morgan fingerprint density at radius 3 is 2.27 bits per heavy atom. The summed E-state index contributed by atoms with van der Waals surface area (Å²) >= 11 is 0. The van der Waals surface area contributed by atoms with Gasteiger partial charge in [0.2, 0.25) is 5.91 Å². The molecule has 2 amide bonds. The van der Waals surface area contributed by atoms with Crippen LogP contribution in [0.15, 0.2) is 54.6 Å². The summed E-state index contributed by atoms with van der Waals surface area (Å²) < 4.78 is 0. The molecule has 0 unspecified atom stereocenters. The lowest BCUT2D eigenvalue weighted by atomic mass is 9.67. The quantitative estimate of drug-likeness (QED) is 0.764. The van der Waals surface area contributed by atoms with Crippen LogP contribution in [0, 0.1) is 12.3 Å². The molecule has 1 spiro atoms. The molecule has 5 rings (SSSR count). The maximum absolute atomic E-state index is 13.3. The maximum Gasteiger partial charge on any atom is 0.253 e. The van der Waals surface area contributed by atoms with Crippen LogP contribution in [-0.4, -0.2) is 47.3 Å². The normalized spacial score (nSPS) is 23.6. The van der Waals surface area contributed by atoms with Crippen molar-refractivity contribution in [1.29, 1.82) is 0 Å². The van der Waals surface area contributed by atoms with Gasteiger partial charge in [0.1, 0.15) is 0 Å². The number of aryl methyl sites for hydroxylation is 1. The van der Waals surface area contributed by atoms with Crippen molar-refractivity contribution in [3.63, 3.8) is 0 Å². The van der Waals surface area contributed by atoms with Gasteiger partial charge in [0.05, 0.1) is 5.92 Å². The van der Waals surface area contributed by atoms with E-state index in [-0.39, 0.29) is 17.2 Å². The fourth-order valence-corrected chi connectivity index (χ4v) is 5.29. The Hall–Kier alpha value is -2.62. The molecule has 2 aromatic rings. The summed E-state index contributed by atoms with van der Waals surface area (Å²) in [6.45, 7) is 4.46. The molecule has 0 N–H and O–H groups in total. The molecule has 4 heteroatoms. The molecule has 156 valence electrons. The van der Waals surface area contributed by atoms with Crippen LogP contribution in [0.1, 0.15) is 59.5 Å². The predicted molar refractivity (Wildman–Crippen MR) is 117 cm³/mol. The summed E-state index contributed by atoms with van der Waals surface area (Å²) in [6.07, 6.45) is 5.14. The number of nitrogens with zero attached hydrogens (tertiary/aromatic N) is 2. The van der Waals surface area contributed by atoms with E-state index in [1.807, 2.05) is 54.3 Å². The first-order chi connectivity index (χ1) is 14.5. The van der Waals surface area contributed by atoms with E-state index in [9.17, 15) is 9.59 Å². The van der Waals surface area contributed by atoms with Crippen molar-refractivity contribution < 1.29 is 9.59 Å². The second-order valence-corrected chi connectivity index (χ2v) is 9.52. The molecular formula is C26H30N2O2. The Balaban J connectivity index is 1.33. The average molecular weight is 403 g/mol. The number of rotatable bonds is 3. The third kappa shape index (κ3) is 3.64. The molecule has 2 aliphatic heterocycles. The number of hydrogen-bond donors (Lipinski definition) is 0. The van der Waals surface area contributed by atoms with Crippen molar-refractivity contribution in [2.75, 3.05) is 19.6 Å². The summed E-state index contributed by atoms with van der Waals surface area (Å²) in [5.41, 5.74) is 3.21. The first-order valence-electron chi connectivity index (χ1n) is 11.3. The molecule has 4 nitrogen and oxygen atoms in total. The molecule has 3 fully saturated rings. The molecule has 2 heterocycles. The van der Waals surface area contributed by atoms with Gasteiger partial charge in [-0.3, -0.25) is 9.59 Å². The fourth-order valence-electron chi connectivity index (χ4n) is 5.29. The van der Waals surface area contributed by atoms with Crippen molar-refractivity contribution >= 4 is 11.8 Å². The van der Waals surface area contributed by atoms with Crippen molar-refractivity contribution in [2.24, 2.45) is 5.41 Å². The Morgan fingerprint density at radius 2 is 1.63 bits per heavy atom. The van der Waals surface area contributed by atoms with Gasteiger partial charge < -0.3 is 9.80 Å². The summed E-state index contributed by atoms with van der Waals surface area (Å²) in [6, 6.07) is 18.6. The van der Waals surface area contributed by atoms with Gasteiger partial charge in [0, 0.05) is 31.2 Å². The van der Waals surface area contributed by atoms with Crippen LogP contribution in [0.4, 0.5) is 0 Å². The monoisotopic (exact) mass is 402 g/mol. The van der Waals surface area contributed by atoms with Crippen LogP contribution in [0.25, 0.3) is 0 Å². The third-order valence-electron chi connectivity index (χ3n) is 7.32. The third-order valence-corrected chi connectivity index (χ3v) is 7.32. The summed E-state index contributed by atoms with van der Waals surface area (Å²) in [5, 5.41) is 0.